The number of hydrogen-bond acceptors (Lipinski definition) is 14. The first-order valence-electron chi connectivity index (χ1n) is 27.1. The van der Waals surface area contributed by atoms with E-state index >= 15 is 0 Å². The lowest BCUT2D eigenvalue weighted by atomic mass is 10.1. The zero-order chi connectivity index (χ0) is 53.8. The van der Waals surface area contributed by atoms with Gasteiger partial charge in [0.2, 0.25) is 6.10 Å². The summed E-state index contributed by atoms with van der Waals surface area (Å²) in [4.78, 5) is 76.6. The Morgan fingerprint density at radius 2 is 1.35 bits per heavy atom. The maximum atomic E-state index is 13.1. The first-order chi connectivity index (χ1) is 35.5. The Kier molecular flexibility index (Phi) is 28.1. The Bertz CT molecular complexity index is 2500. The first-order valence-corrected chi connectivity index (χ1v) is 29.5. The Balaban J connectivity index is 1.03. The summed E-state index contributed by atoms with van der Waals surface area (Å²) in [5.41, 5.74) is 2.02. The predicted molar refractivity (Wildman–Crippen MR) is 294 cm³/mol. The molecule has 0 aliphatic heterocycles. The van der Waals surface area contributed by atoms with Gasteiger partial charge in [-0.15, -0.1) is 11.8 Å². The number of carbonyl (C=O) groups excluding carboxylic acids is 3. The number of phosphoric acid groups is 1. The minimum atomic E-state index is -4.53. The number of ether oxygens (including phenoxy) is 2. The van der Waals surface area contributed by atoms with Gasteiger partial charge in [0.1, 0.15) is 36.5 Å². The van der Waals surface area contributed by atoms with Crippen LogP contribution in [0, 0.1) is 6.92 Å². The second kappa shape index (κ2) is 33.5. The van der Waals surface area contributed by atoms with E-state index in [0.29, 0.717) is 47.0 Å². The van der Waals surface area contributed by atoms with Crippen molar-refractivity contribution >= 4 is 65.1 Å². The highest BCUT2D eigenvalue weighted by Gasteiger charge is 2.31. The molecular formula is C56H85N3O13PS+. The van der Waals surface area contributed by atoms with Gasteiger partial charge in [-0.05, 0) is 94.2 Å². The highest BCUT2D eigenvalue weighted by atomic mass is 32.2. The molecule has 2 atom stereocenters. The number of rotatable bonds is 39. The monoisotopic (exact) mass is 1070 g/mol. The van der Waals surface area contributed by atoms with E-state index in [0.717, 1.165) is 124 Å². The Labute approximate surface area is 442 Å². The molecule has 4 aromatic rings. The molecule has 0 saturated carbocycles. The molecule has 0 fully saturated rings. The lowest BCUT2D eigenvalue weighted by Crippen LogP contribution is -2.37. The number of amides is 1. The summed E-state index contributed by atoms with van der Waals surface area (Å²) in [6.07, 6.45) is 17.3. The van der Waals surface area contributed by atoms with Crippen LogP contribution in [-0.2, 0) is 32.7 Å². The molecule has 2 aromatic heterocycles. The molecular weight excluding hydrogens is 986 g/mol. The highest BCUT2D eigenvalue weighted by molar-refractivity contribution is 7.99. The standard InChI is InChI=1S/C56H84N3O13PS/c1-7-58(8-2)45-30-29-44-39-48(55(63)72-49(44)40-45)54(62)57-33-25-21-17-13-11-12-16-20-24-28-52(60)71-51(42-69-73(65,66)68-36-34-59(4,5)6)56(64)67-35-26-22-18-14-9-10-15-19-23-27-37-74-46-31-32-47-43(3)38-53(61)70-50(47)41-46/h29-32,38-41,51H,7-28,33-37,42H2,1-6H3,(H-,57,62,65,66)/p+1. The summed E-state index contributed by atoms with van der Waals surface area (Å²) in [5, 5.41) is 4.52. The maximum absolute atomic E-state index is 13.1. The van der Waals surface area contributed by atoms with Gasteiger partial charge >= 0.3 is 31.0 Å². The molecule has 0 aliphatic rings. The number of fused-ring (bicyclic) bond motifs is 2. The molecule has 0 bridgehead atoms. The van der Waals surface area contributed by atoms with Crippen LogP contribution < -0.4 is 21.5 Å². The van der Waals surface area contributed by atoms with Crippen LogP contribution in [0.3, 0.4) is 0 Å². The van der Waals surface area contributed by atoms with E-state index in [1.165, 1.54) is 31.7 Å². The number of phosphoric ester groups is 1. The Hall–Kier alpha value is -4.51. The zero-order valence-corrected chi connectivity index (χ0v) is 46.8. The van der Waals surface area contributed by atoms with Gasteiger partial charge in [0.15, 0.2) is 0 Å². The number of anilines is 1. The average Bonchev–Trinajstić information content (AvgIpc) is 3.35. The number of quaternary nitrogens is 1. The molecule has 2 aromatic carbocycles. The lowest BCUT2D eigenvalue weighted by molar-refractivity contribution is -0.870. The van der Waals surface area contributed by atoms with Gasteiger partial charge in [-0.1, -0.05) is 96.3 Å². The number of nitrogens with one attached hydrogen (secondary N) is 1. The van der Waals surface area contributed by atoms with E-state index in [4.69, 9.17) is 27.4 Å². The van der Waals surface area contributed by atoms with Gasteiger partial charge in [0, 0.05) is 59.5 Å². The second-order valence-electron chi connectivity index (χ2n) is 20.1. The predicted octanol–water partition coefficient (Wildman–Crippen LogP) is 11.7. The van der Waals surface area contributed by atoms with Crippen molar-refractivity contribution in [3.63, 3.8) is 0 Å². The van der Waals surface area contributed by atoms with Crippen molar-refractivity contribution in [3.05, 3.63) is 80.5 Å². The first kappa shape index (κ1) is 62.0. The van der Waals surface area contributed by atoms with Crippen LogP contribution in [0.15, 0.2) is 71.8 Å². The second-order valence-corrected chi connectivity index (χ2v) is 22.7. The molecule has 1 amide bonds. The Morgan fingerprint density at radius 1 is 0.730 bits per heavy atom. The topological polar surface area (TPSA) is 201 Å². The molecule has 2 unspecified atom stereocenters. The molecule has 2 N–H and O–H groups in total. The van der Waals surface area contributed by atoms with Crippen molar-refractivity contribution in [1.82, 2.24) is 5.32 Å². The molecule has 0 aliphatic carbocycles. The van der Waals surface area contributed by atoms with Crippen LogP contribution in [0.2, 0.25) is 0 Å². The van der Waals surface area contributed by atoms with E-state index in [1.807, 2.05) is 58.4 Å². The quantitative estimate of drug-likeness (QED) is 0.0107. The summed E-state index contributed by atoms with van der Waals surface area (Å²) in [7, 11) is 1.21. The molecule has 0 radical (unpaired) electrons. The van der Waals surface area contributed by atoms with Gasteiger partial charge < -0.3 is 37.9 Å². The normalized spacial score (nSPS) is 13.0. The number of aryl methyl sites for hydroxylation is 1. The smallest absolute Gasteiger partial charge is 0.463 e. The van der Waals surface area contributed by atoms with Gasteiger partial charge in [-0.3, -0.25) is 18.6 Å². The fourth-order valence-corrected chi connectivity index (χ4v) is 10.1. The fraction of sp³-hybridized carbons (Fsp3) is 0.625. The summed E-state index contributed by atoms with van der Waals surface area (Å²) in [6.45, 7) is 8.05. The number of thioether (sulfide) groups is 1. The summed E-state index contributed by atoms with van der Waals surface area (Å²) in [5.74, 6) is -0.851. The molecule has 4 rings (SSSR count). The number of benzene rings is 2. The van der Waals surface area contributed by atoms with Crippen LogP contribution in [0.4, 0.5) is 5.69 Å². The summed E-state index contributed by atoms with van der Waals surface area (Å²) >= 11 is 1.79. The van der Waals surface area contributed by atoms with Crippen molar-refractivity contribution in [2.24, 2.45) is 0 Å². The molecule has 0 spiro atoms. The third-order valence-corrected chi connectivity index (χ3v) is 14.9. The van der Waals surface area contributed by atoms with Crippen molar-refractivity contribution in [2.45, 2.75) is 160 Å². The molecule has 16 nitrogen and oxygen atoms in total. The molecule has 18 heteroatoms. The largest absolute Gasteiger partial charge is 0.472 e. The van der Waals surface area contributed by atoms with Gasteiger partial charge in [0.05, 0.1) is 27.7 Å². The third kappa shape index (κ3) is 24.0. The van der Waals surface area contributed by atoms with Crippen LogP contribution in [0.1, 0.15) is 158 Å². The minimum Gasteiger partial charge on any atom is -0.463 e. The number of esters is 2. The maximum Gasteiger partial charge on any atom is 0.472 e. The van der Waals surface area contributed by atoms with E-state index < -0.39 is 44.0 Å². The van der Waals surface area contributed by atoms with Crippen LogP contribution >= 0.6 is 19.6 Å². The number of carbonyl (C=O) groups is 3. The summed E-state index contributed by atoms with van der Waals surface area (Å²) in [6, 6.07) is 14.8. The van der Waals surface area contributed by atoms with Gasteiger partial charge in [-0.2, -0.15) is 0 Å². The van der Waals surface area contributed by atoms with E-state index in [1.54, 1.807) is 17.8 Å². The number of unbranched alkanes of at least 4 members (excludes halogenated alkanes) is 17. The van der Waals surface area contributed by atoms with E-state index in [-0.39, 0.29) is 30.8 Å². The van der Waals surface area contributed by atoms with Gasteiger partial charge in [0.25, 0.3) is 5.91 Å². The van der Waals surface area contributed by atoms with Gasteiger partial charge in [-0.25, -0.2) is 18.9 Å². The lowest BCUT2D eigenvalue weighted by Gasteiger charge is -2.24. The fourth-order valence-electron chi connectivity index (χ4n) is 8.44. The zero-order valence-electron chi connectivity index (χ0n) is 45.1. The number of nitrogens with zero attached hydrogens (tertiary/aromatic N) is 2. The van der Waals surface area contributed by atoms with Crippen molar-refractivity contribution in [2.75, 3.05) is 77.8 Å². The average molecular weight is 1070 g/mol. The van der Waals surface area contributed by atoms with Crippen LogP contribution in [-0.4, -0.2) is 106 Å². The summed E-state index contributed by atoms with van der Waals surface area (Å²) < 4.78 is 45.1. The van der Waals surface area contributed by atoms with Crippen LogP contribution in [0.25, 0.3) is 21.9 Å². The minimum absolute atomic E-state index is 0.00118. The third-order valence-electron chi connectivity index (χ3n) is 12.9. The van der Waals surface area contributed by atoms with E-state index in [9.17, 15) is 33.4 Å². The van der Waals surface area contributed by atoms with Crippen LogP contribution in [0.5, 0.6) is 0 Å². The van der Waals surface area contributed by atoms with E-state index in [2.05, 4.69) is 30.1 Å². The van der Waals surface area contributed by atoms with Crippen molar-refractivity contribution in [3.8, 4) is 0 Å². The molecule has 412 valence electrons. The molecule has 0 saturated heterocycles. The van der Waals surface area contributed by atoms with Crippen molar-refractivity contribution in [1.29, 1.82) is 0 Å². The SMILES string of the molecule is CCN(CC)c1ccc2cc(C(=O)NCCCCCCCCCCCC(=O)OC(COP(=O)(O)OCC[N+](C)(C)C)C(=O)OCCCCCCCCCCCCSc3ccc4c(C)cc(=O)oc4c3)c(=O)oc2c1. The number of hydrogen-bond donors (Lipinski definition) is 2. The Morgan fingerprint density at radius 3 is 2.00 bits per heavy atom. The molecule has 2 heterocycles. The van der Waals surface area contributed by atoms with Crippen molar-refractivity contribution < 1.29 is 55.7 Å². The molecule has 74 heavy (non-hydrogen) atoms. The highest BCUT2D eigenvalue weighted by Crippen LogP contribution is 2.43. The number of likely N-dealkylation sites (N-methyl/N-ethyl adjacent to an activating group) is 1.